The summed E-state index contributed by atoms with van der Waals surface area (Å²) in [6.45, 7) is 0. The Morgan fingerprint density at radius 3 is 2.36 bits per heavy atom. The van der Waals surface area contributed by atoms with E-state index in [0.29, 0.717) is 5.88 Å². The first-order chi connectivity index (χ1) is 6.74. The Morgan fingerprint density at radius 1 is 1.21 bits per heavy atom. The van der Waals surface area contributed by atoms with Gasteiger partial charge >= 0.3 is 0 Å². The summed E-state index contributed by atoms with van der Waals surface area (Å²) in [7, 11) is 0. The average molecular weight is 214 g/mol. The van der Waals surface area contributed by atoms with Gasteiger partial charge < -0.3 is 0 Å². The zero-order valence-electron chi connectivity index (χ0n) is 7.78. The summed E-state index contributed by atoms with van der Waals surface area (Å²) in [6, 6.07) is 6.67. The van der Waals surface area contributed by atoms with Gasteiger partial charge in [-0.15, -0.1) is 11.6 Å². The van der Waals surface area contributed by atoms with E-state index in [9.17, 15) is 10.1 Å². The fourth-order valence-corrected chi connectivity index (χ4v) is 1.40. The van der Waals surface area contributed by atoms with Crippen LogP contribution in [0.2, 0.25) is 0 Å². The van der Waals surface area contributed by atoms with E-state index in [1.807, 2.05) is 0 Å². The summed E-state index contributed by atoms with van der Waals surface area (Å²) < 4.78 is 0. The molecule has 0 saturated carbocycles. The normalized spacial score (nSPS) is 10.1. The summed E-state index contributed by atoms with van der Waals surface area (Å²) in [6.07, 6.45) is 2.95. The fourth-order valence-electron chi connectivity index (χ4n) is 1.21. The van der Waals surface area contributed by atoms with Crippen molar-refractivity contribution in [1.29, 1.82) is 0 Å². The third-order valence-electron chi connectivity index (χ3n) is 2.00. The molecule has 1 aromatic carbocycles. The van der Waals surface area contributed by atoms with Gasteiger partial charge in [0.25, 0.3) is 5.69 Å². The first-order valence-electron chi connectivity index (χ1n) is 4.53. The van der Waals surface area contributed by atoms with Crippen LogP contribution in [0, 0.1) is 10.1 Å². The van der Waals surface area contributed by atoms with Crippen LogP contribution in [0.5, 0.6) is 0 Å². The van der Waals surface area contributed by atoms with Crippen LogP contribution in [0.15, 0.2) is 24.3 Å². The molecule has 0 aliphatic rings. The van der Waals surface area contributed by atoms with E-state index in [0.717, 1.165) is 24.8 Å². The lowest BCUT2D eigenvalue weighted by molar-refractivity contribution is -0.384. The molecule has 0 aliphatic carbocycles. The van der Waals surface area contributed by atoms with E-state index < -0.39 is 0 Å². The molecule has 0 saturated heterocycles. The summed E-state index contributed by atoms with van der Waals surface area (Å²) >= 11 is 5.55. The number of rotatable bonds is 5. The first kappa shape index (κ1) is 11.0. The maximum Gasteiger partial charge on any atom is 0.269 e. The highest BCUT2D eigenvalue weighted by Gasteiger charge is 2.03. The van der Waals surface area contributed by atoms with Crippen molar-refractivity contribution in [2.45, 2.75) is 19.3 Å². The maximum atomic E-state index is 10.4. The fraction of sp³-hybridized carbons (Fsp3) is 0.400. The van der Waals surface area contributed by atoms with Gasteiger partial charge in [0.15, 0.2) is 0 Å². The number of nitro benzene ring substituents is 1. The summed E-state index contributed by atoms with van der Waals surface area (Å²) in [5.41, 5.74) is 1.27. The minimum Gasteiger partial charge on any atom is -0.258 e. The van der Waals surface area contributed by atoms with Crippen LogP contribution in [0.3, 0.4) is 0 Å². The molecule has 0 radical (unpaired) electrons. The van der Waals surface area contributed by atoms with Crippen LogP contribution < -0.4 is 0 Å². The van der Waals surface area contributed by atoms with Crippen molar-refractivity contribution in [1.82, 2.24) is 0 Å². The molecule has 3 nitrogen and oxygen atoms in total. The Morgan fingerprint density at radius 2 is 1.86 bits per heavy atom. The minimum atomic E-state index is -0.386. The smallest absolute Gasteiger partial charge is 0.258 e. The molecule has 0 aliphatic heterocycles. The molecule has 0 N–H and O–H groups in total. The highest BCUT2D eigenvalue weighted by atomic mass is 35.5. The molecule has 0 atom stereocenters. The summed E-state index contributed by atoms with van der Waals surface area (Å²) in [5.74, 6) is 0.674. The number of benzene rings is 1. The van der Waals surface area contributed by atoms with E-state index in [4.69, 9.17) is 11.6 Å². The number of hydrogen-bond donors (Lipinski definition) is 0. The zero-order valence-corrected chi connectivity index (χ0v) is 8.54. The molecule has 0 fully saturated rings. The van der Waals surface area contributed by atoms with E-state index >= 15 is 0 Å². The molecule has 0 unspecified atom stereocenters. The van der Waals surface area contributed by atoms with Gasteiger partial charge in [0.2, 0.25) is 0 Å². The molecule has 0 aromatic heterocycles. The lowest BCUT2D eigenvalue weighted by atomic mass is 10.1. The van der Waals surface area contributed by atoms with Gasteiger partial charge in [0.05, 0.1) is 4.92 Å². The second kappa shape index (κ2) is 5.60. The van der Waals surface area contributed by atoms with Crippen LogP contribution in [0.4, 0.5) is 5.69 Å². The number of aryl methyl sites for hydroxylation is 1. The average Bonchev–Trinajstić information content (AvgIpc) is 2.19. The summed E-state index contributed by atoms with van der Waals surface area (Å²) in [5, 5.41) is 10.4. The third kappa shape index (κ3) is 3.34. The number of hydrogen-bond acceptors (Lipinski definition) is 2. The van der Waals surface area contributed by atoms with Crippen molar-refractivity contribution >= 4 is 17.3 Å². The number of halogens is 1. The van der Waals surface area contributed by atoms with E-state index in [1.165, 1.54) is 12.1 Å². The molecule has 1 rings (SSSR count). The summed E-state index contributed by atoms with van der Waals surface area (Å²) in [4.78, 5) is 9.97. The van der Waals surface area contributed by atoms with Gasteiger partial charge in [-0.2, -0.15) is 0 Å². The van der Waals surface area contributed by atoms with Crippen LogP contribution in [-0.4, -0.2) is 10.8 Å². The van der Waals surface area contributed by atoms with Crippen molar-refractivity contribution in [3.8, 4) is 0 Å². The predicted molar refractivity (Wildman–Crippen MR) is 56.8 cm³/mol. The molecule has 0 bridgehead atoms. The molecule has 14 heavy (non-hydrogen) atoms. The van der Waals surface area contributed by atoms with Gasteiger partial charge in [-0.25, -0.2) is 0 Å². The van der Waals surface area contributed by atoms with Crippen molar-refractivity contribution in [3.05, 3.63) is 39.9 Å². The lowest BCUT2D eigenvalue weighted by Crippen LogP contribution is -1.90. The second-order valence-electron chi connectivity index (χ2n) is 3.07. The number of nitrogens with zero attached hydrogens (tertiary/aromatic N) is 1. The Kier molecular flexibility index (Phi) is 4.40. The molecule has 0 heterocycles. The van der Waals surface area contributed by atoms with Gasteiger partial charge in [-0.05, 0) is 24.8 Å². The Labute approximate surface area is 87.8 Å². The van der Waals surface area contributed by atoms with Crippen LogP contribution in [-0.2, 0) is 6.42 Å². The molecule has 76 valence electrons. The Bertz CT molecular complexity index is 297. The number of nitro groups is 1. The van der Waals surface area contributed by atoms with E-state index in [-0.39, 0.29) is 10.6 Å². The minimum absolute atomic E-state index is 0.145. The largest absolute Gasteiger partial charge is 0.269 e. The number of unbranched alkanes of at least 4 members (excludes halogenated alkanes) is 1. The molecule has 4 heteroatoms. The van der Waals surface area contributed by atoms with E-state index in [2.05, 4.69) is 0 Å². The topological polar surface area (TPSA) is 43.1 Å². The predicted octanol–water partition coefficient (Wildman–Crippen LogP) is 3.16. The van der Waals surface area contributed by atoms with Crippen molar-refractivity contribution in [2.24, 2.45) is 0 Å². The quantitative estimate of drug-likeness (QED) is 0.326. The van der Waals surface area contributed by atoms with Crippen LogP contribution in [0.25, 0.3) is 0 Å². The lowest BCUT2D eigenvalue weighted by Gasteiger charge is -1.99. The Balaban J connectivity index is 2.51. The molecule has 0 amide bonds. The molecule has 1 aromatic rings. The second-order valence-corrected chi connectivity index (χ2v) is 3.45. The monoisotopic (exact) mass is 213 g/mol. The van der Waals surface area contributed by atoms with Crippen LogP contribution in [0.1, 0.15) is 18.4 Å². The number of non-ortho nitro benzene ring substituents is 1. The highest BCUT2D eigenvalue weighted by molar-refractivity contribution is 6.17. The van der Waals surface area contributed by atoms with Crippen molar-refractivity contribution < 1.29 is 4.92 Å². The standard InChI is InChI=1S/C10H12ClNO2/c11-8-2-1-3-9-4-6-10(7-5-9)12(13)14/h4-7H,1-3,8H2. The molecule has 0 spiro atoms. The van der Waals surface area contributed by atoms with Gasteiger partial charge in [-0.1, -0.05) is 12.1 Å². The van der Waals surface area contributed by atoms with Crippen LogP contribution >= 0.6 is 11.6 Å². The number of alkyl halides is 1. The third-order valence-corrected chi connectivity index (χ3v) is 2.26. The maximum absolute atomic E-state index is 10.4. The zero-order chi connectivity index (χ0) is 10.4. The first-order valence-corrected chi connectivity index (χ1v) is 5.07. The van der Waals surface area contributed by atoms with Crippen molar-refractivity contribution in [3.63, 3.8) is 0 Å². The van der Waals surface area contributed by atoms with Gasteiger partial charge in [-0.3, -0.25) is 10.1 Å². The SMILES string of the molecule is O=[N+]([O-])c1ccc(CCCCCl)cc1. The highest BCUT2D eigenvalue weighted by Crippen LogP contribution is 2.13. The Hall–Kier alpha value is -1.09. The molecular formula is C10H12ClNO2. The van der Waals surface area contributed by atoms with Gasteiger partial charge in [0, 0.05) is 18.0 Å². The van der Waals surface area contributed by atoms with E-state index in [1.54, 1.807) is 12.1 Å². The van der Waals surface area contributed by atoms with Gasteiger partial charge in [0.1, 0.15) is 0 Å². The van der Waals surface area contributed by atoms with Crippen molar-refractivity contribution in [2.75, 3.05) is 5.88 Å². The molecular weight excluding hydrogens is 202 g/mol.